The van der Waals surface area contributed by atoms with Crippen molar-refractivity contribution in [3.63, 3.8) is 0 Å². The number of ether oxygens (including phenoxy) is 1. The Kier molecular flexibility index (Phi) is 5.14. The molecule has 0 unspecified atom stereocenters. The maximum absolute atomic E-state index is 12.9. The van der Waals surface area contributed by atoms with Gasteiger partial charge in [-0.3, -0.25) is 4.79 Å². The van der Waals surface area contributed by atoms with Gasteiger partial charge < -0.3 is 14.6 Å². The highest BCUT2D eigenvalue weighted by Crippen LogP contribution is 2.29. The molecule has 0 saturated carbocycles. The minimum Gasteiger partial charge on any atom is -0.465 e. The van der Waals surface area contributed by atoms with Crippen LogP contribution in [0.4, 0.5) is 0 Å². The van der Waals surface area contributed by atoms with Crippen LogP contribution in [0.25, 0.3) is 10.9 Å². The first kappa shape index (κ1) is 19.2. The van der Waals surface area contributed by atoms with E-state index in [9.17, 15) is 9.59 Å². The van der Waals surface area contributed by atoms with E-state index in [0.29, 0.717) is 18.5 Å². The molecule has 0 saturated heterocycles. The summed E-state index contributed by atoms with van der Waals surface area (Å²) in [5.41, 5.74) is 7.50. The number of esters is 1. The molecule has 1 amide bonds. The molecule has 1 aromatic heterocycles. The Hall–Kier alpha value is -3.08. The quantitative estimate of drug-likeness (QED) is 0.683. The summed E-state index contributed by atoms with van der Waals surface area (Å²) in [5, 5.41) is 0.995. The normalized spacial score (nSPS) is 13.4. The number of nitrogens with zero attached hydrogens (tertiary/aromatic N) is 1. The van der Waals surface area contributed by atoms with Crippen LogP contribution in [0, 0.1) is 13.8 Å². The van der Waals surface area contributed by atoms with E-state index in [-0.39, 0.29) is 11.9 Å². The van der Waals surface area contributed by atoms with Crippen molar-refractivity contribution < 1.29 is 14.3 Å². The lowest BCUT2D eigenvalue weighted by molar-refractivity contribution is -0.132. The van der Waals surface area contributed by atoms with Crippen molar-refractivity contribution in [3.8, 4) is 0 Å². The first-order valence-electron chi connectivity index (χ1n) is 10.0. The van der Waals surface area contributed by atoms with Gasteiger partial charge >= 0.3 is 5.97 Å². The average Bonchev–Trinajstić information content (AvgIpc) is 3.09. The van der Waals surface area contributed by atoms with Crippen LogP contribution in [0.2, 0.25) is 0 Å². The standard InChI is InChI=1S/C24H26N2O3/c1-15-4-5-17(16(2)12-15)7-9-23(27)26-11-10-22-20(14-26)19-13-18(24(28)29-3)6-8-21(19)25-22/h4-6,8,12-13,25H,7,9-11,14H2,1-3H3. The molecule has 0 atom stereocenters. The molecular formula is C24H26N2O3. The van der Waals surface area contributed by atoms with E-state index in [1.54, 1.807) is 6.07 Å². The van der Waals surface area contributed by atoms with Crippen LogP contribution < -0.4 is 0 Å². The van der Waals surface area contributed by atoms with Crippen molar-refractivity contribution in [1.82, 2.24) is 9.88 Å². The summed E-state index contributed by atoms with van der Waals surface area (Å²) in [5.74, 6) is -0.173. The van der Waals surface area contributed by atoms with Crippen molar-refractivity contribution in [3.05, 3.63) is 69.9 Å². The molecule has 4 rings (SSSR count). The Bertz CT molecular complexity index is 1100. The van der Waals surface area contributed by atoms with Gasteiger partial charge in [0.25, 0.3) is 0 Å². The fourth-order valence-corrected chi connectivity index (χ4v) is 4.20. The Morgan fingerprint density at radius 3 is 2.72 bits per heavy atom. The van der Waals surface area contributed by atoms with Crippen LogP contribution >= 0.6 is 0 Å². The van der Waals surface area contributed by atoms with Gasteiger partial charge in [0.2, 0.25) is 5.91 Å². The van der Waals surface area contributed by atoms with Crippen molar-refractivity contribution in [2.75, 3.05) is 13.7 Å². The number of amides is 1. The molecule has 0 fully saturated rings. The summed E-state index contributed by atoms with van der Waals surface area (Å²) < 4.78 is 4.84. The molecule has 0 spiro atoms. The maximum atomic E-state index is 12.9. The van der Waals surface area contributed by atoms with Gasteiger partial charge in [0.15, 0.2) is 0 Å². The molecule has 5 heteroatoms. The molecule has 5 nitrogen and oxygen atoms in total. The number of aromatic nitrogens is 1. The molecule has 0 aliphatic carbocycles. The van der Waals surface area contributed by atoms with Crippen molar-refractivity contribution in [1.29, 1.82) is 0 Å². The number of nitrogens with one attached hydrogen (secondary N) is 1. The number of hydrogen-bond acceptors (Lipinski definition) is 3. The molecule has 1 N–H and O–H groups in total. The predicted octanol–water partition coefficient (Wildman–Crippen LogP) is 4.09. The summed E-state index contributed by atoms with van der Waals surface area (Å²) in [6, 6.07) is 11.9. The first-order valence-corrected chi connectivity index (χ1v) is 10.0. The van der Waals surface area contributed by atoms with Crippen molar-refractivity contribution in [2.24, 2.45) is 0 Å². The number of H-pyrrole nitrogens is 1. The average molecular weight is 390 g/mol. The topological polar surface area (TPSA) is 62.4 Å². The summed E-state index contributed by atoms with van der Waals surface area (Å²) in [4.78, 5) is 30.1. The number of benzene rings is 2. The molecule has 3 aromatic rings. The van der Waals surface area contributed by atoms with Crippen molar-refractivity contribution >= 4 is 22.8 Å². The molecular weight excluding hydrogens is 364 g/mol. The monoisotopic (exact) mass is 390 g/mol. The zero-order chi connectivity index (χ0) is 20.5. The maximum Gasteiger partial charge on any atom is 0.337 e. The Labute approximate surface area is 170 Å². The number of carbonyl (C=O) groups is 2. The van der Waals surface area contributed by atoms with Gasteiger partial charge in [-0.25, -0.2) is 4.79 Å². The summed E-state index contributed by atoms with van der Waals surface area (Å²) in [6.45, 7) is 5.48. The molecule has 0 radical (unpaired) electrons. The zero-order valence-corrected chi connectivity index (χ0v) is 17.2. The van der Waals surface area contributed by atoms with Gasteiger partial charge in [-0.2, -0.15) is 0 Å². The van der Waals surface area contributed by atoms with Gasteiger partial charge in [-0.05, 0) is 49.6 Å². The second kappa shape index (κ2) is 7.74. The van der Waals surface area contributed by atoms with Crippen LogP contribution in [0.1, 0.15) is 44.7 Å². The fourth-order valence-electron chi connectivity index (χ4n) is 4.20. The van der Waals surface area contributed by atoms with E-state index in [2.05, 4.69) is 37.0 Å². The van der Waals surface area contributed by atoms with Crippen LogP contribution in [-0.4, -0.2) is 35.4 Å². The van der Waals surface area contributed by atoms with E-state index >= 15 is 0 Å². The Balaban J connectivity index is 1.51. The molecule has 2 aromatic carbocycles. The van der Waals surface area contributed by atoms with Crippen LogP contribution in [0.5, 0.6) is 0 Å². The Morgan fingerprint density at radius 2 is 1.97 bits per heavy atom. The lowest BCUT2D eigenvalue weighted by atomic mass is 10.00. The second-order valence-electron chi connectivity index (χ2n) is 7.83. The summed E-state index contributed by atoms with van der Waals surface area (Å²) in [7, 11) is 1.38. The van der Waals surface area contributed by atoms with Crippen LogP contribution in [0.15, 0.2) is 36.4 Å². The van der Waals surface area contributed by atoms with Gasteiger partial charge in [-0.15, -0.1) is 0 Å². The molecule has 0 bridgehead atoms. The Morgan fingerprint density at radius 1 is 1.14 bits per heavy atom. The first-order chi connectivity index (χ1) is 14.0. The smallest absolute Gasteiger partial charge is 0.337 e. The summed E-state index contributed by atoms with van der Waals surface area (Å²) >= 11 is 0. The highest BCUT2D eigenvalue weighted by atomic mass is 16.5. The van der Waals surface area contributed by atoms with E-state index in [4.69, 9.17) is 4.74 Å². The third kappa shape index (κ3) is 3.77. The number of rotatable bonds is 4. The van der Waals surface area contributed by atoms with Crippen molar-refractivity contribution in [2.45, 2.75) is 39.7 Å². The van der Waals surface area contributed by atoms with E-state index in [1.807, 2.05) is 17.0 Å². The number of aryl methyl sites for hydroxylation is 3. The van der Waals surface area contributed by atoms with Crippen LogP contribution in [-0.2, 0) is 28.9 Å². The molecule has 2 heterocycles. The fraction of sp³-hybridized carbons (Fsp3) is 0.333. The molecule has 1 aliphatic heterocycles. The van der Waals surface area contributed by atoms with E-state index in [1.165, 1.54) is 23.8 Å². The lowest BCUT2D eigenvalue weighted by Gasteiger charge is -2.27. The number of methoxy groups -OCH3 is 1. The third-order valence-electron chi connectivity index (χ3n) is 5.86. The number of hydrogen-bond donors (Lipinski definition) is 1. The van der Waals surface area contributed by atoms with E-state index < -0.39 is 0 Å². The molecule has 150 valence electrons. The summed E-state index contributed by atoms with van der Waals surface area (Å²) in [6.07, 6.45) is 2.07. The third-order valence-corrected chi connectivity index (χ3v) is 5.86. The number of fused-ring (bicyclic) bond motifs is 3. The highest BCUT2D eigenvalue weighted by molar-refractivity contribution is 5.96. The number of aromatic amines is 1. The minimum atomic E-state index is -0.348. The van der Waals surface area contributed by atoms with Gasteiger partial charge in [0.05, 0.1) is 12.7 Å². The SMILES string of the molecule is COC(=O)c1ccc2[nH]c3c(c2c1)CN(C(=O)CCc1ccc(C)cc1C)CC3. The van der Waals surface area contributed by atoms with E-state index in [0.717, 1.165) is 41.5 Å². The molecule has 29 heavy (non-hydrogen) atoms. The molecule has 1 aliphatic rings. The van der Waals surface area contributed by atoms with Gasteiger partial charge in [0, 0.05) is 48.1 Å². The van der Waals surface area contributed by atoms with Gasteiger partial charge in [0.1, 0.15) is 0 Å². The highest BCUT2D eigenvalue weighted by Gasteiger charge is 2.24. The minimum absolute atomic E-state index is 0.175. The lowest BCUT2D eigenvalue weighted by Crippen LogP contribution is -2.35. The second-order valence-corrected chi connectivity index (χ2v) is 7.83. The largest absolute Gasteiger partial charge is 0.465 e. The van der Waals surface area contributed by atoms with Crippen LogP contribution in [0.3, 0.4) is 0 Å². The van der Waals surface area contributed by atoms with Gasteiger partial charge in [-0.1, -0.05) is 23.8 Å². The zero-order valence-electron chi connectivity index (χ0n) is 17.2. The predicted molar refractivity (Wildman–Crippen MR) is 113 cm³/mol. The number of carbonyl (C=O) groups excluding carboxylic acids is 2.